The molecular weight excluding hydrogens is 228 g/mol. The van der Waals surface area contributed by atoms with Crippen molar-refractivity contribution in [3.63, 3.8) is 0 Å². The van der Waals surface area contributed by atoms with Gasteiger partial charge in [-0.2, -0.15) is 0 Å². The van der Waals surface area contributed by atoms with Gasteiger partial charge >= 0.3 is 0 Å². The van der Waals surface area contributed by atoms with Crippen LogP contribution < -0.4 is 4.74 Å². The minimum atomic E-state index is -0.571. The molecule has 0 fully saturated rings. The van der Waals surface area contributed by atoms with Crippen molar-refractivity contribution < 1.29 is 14.9 Å². The second-order valence-electron chi connectivity index (χ2n) is 4.12. The van der Waals surface area contributed by atoms with Crippen molar-refractivity contribution in [2.24, 2.45) is 0 Å². The van der Waals surface area contributed by atoms with Gasteiger partial charge in [0.1, 0.15) is 11.5 Å². The van der Waals surface area contributed by atoms with Crippen molar-refractivity contribution >= 4 is 0 Å². The lowest BCUT2D eigenvalue weighted by atomic mass is 10.1. The monoisotopic (exact) mass is 244 g/mol. The molecule has 0 heterocycles. The van der Waals surface area contributed by atoms with Crippen molar-refractivity contribution in [1.29, 1.82) is 0 Å². The second-order valence-corrected chi connectivity index (χ2v) is 4.12. The van der Waals surface area contributed by atoms with Crippen LogP contribution in [0.1, 0.15) is 24.2 Å². The highest BCUT2D eigenvalue weighted by Crippen LogP contribution is 2.29. The minimum Gasteiger partial charge on any atom is -0.457 e. The van der Waals surface area contributed by atoms with Crippen LogP contribution in [0.15, 0.2) is 48.5 Å². The lowest BCUT2D eigenvalue weighted by Crippen LogP contribution is -1.95. The number of para-hydroxylation sites is 1. The van der Waals surface area contributed by atoms with Gasteiger partial charge in [-0.25, -0.2) is 0 Å². The molecule has 0 saturated carbocycles. The van der Waals surface area contributed by atoms with E-state index in [2.05, 4.69) is 0 Å². The lowest BCUT2D eigenvalue weighted by molar-refractivity contribution is 0.195. The van der Waals surface area contributed by atoms with E-state index in [4.69, 9.17) is 9.84 Å². The summed E-state index contributed by atoms with van der Waals surface area (Å²) in [5.41, 5.74) is 1.59. The third-order valence-electron chi connectivity index (χ3n) is 2.70. The number of ether oxygens (including phenoxy) is 1. The highest BCUT2D eigenvalue weighted by atomic mass is 16.5. The predicted molar refractivity (Wildman–Crippen MR) is 69.5 cm³/mol. The molecule has 18 heavy (non-hydrogen) atoms. The summed E-state index contributed by atoms with van der Waals surface area (Å²) in [7, 11) is 0. The fourth-order valence-electron chi connectivity index (χ4n) is 1.71. The van der Waals surface area contributed by atoms with E-state index in [1.807, 2.05) is 24.3 Å². The summed E-state index contributed by atoms with van der Waals surface area (Å²) >= 11 is 0. The average molecular weight is 244 g/mol. The Hall–Kier alpha value is -1.84. The number of aliphatic hydroxyl groups excluding tert-OH is 2. The predicted octanol–water partition coefficient (Wildman–Crippen LogP) is 3.02. The Bertz CT molecular complexity index is 503. The Labute approximate surface area is 106 Å². The van der Waals surface area contributed by atoms with Gasteiger partial charge in [0.25, 0.3) is 0 Å². The maximum Gasteiger partial charge on any atom is 0.133 e. The first-order valence-electron chi connectivity index (χ1n) is 5.85. The fourth-order valence-corrected chi connectivity index (χ4v) is 1.71. The van der Waals surface area contributed by atoms with Crippen molar-refractivity contribution in [2.45, 2.75) is 19.6 Å². The van der Waals surface area contributed by atoms with Crippen LogP contribution in [-0.4, -0.2) is 10.2 Å². The maximum absolute atomic E-state index is 9.65. The molecule has 0 aromatic heterocycles. The van der Waals surface area contributed by atoms with Crippen LogP contribution in [0.3, 0.4) is 0 Å². The SMILES string of the molecule is C[C@H](O)c1ccccc1Oc1ccc(CO)cc1. The van der Waals surface area contributed by atoms with Crippen LogP contribution in [0, 0.1) is 0 Å². The van der Waals surface area contributed by atoms with Gasteiger partial charge in [0.05, 0.1) is 12.7 Å². The van der Waals surface area contributed by atoms with E-state index in [-0.39, 0.29) is 6.61 Å². The Morgan fingerprint density at radius 2 is 1.72 bits per heavy atom. The highest BCUT2D eigenvalue weighted by Gasteiger charge is 2.08. The first kappa shape index (κ1) is 12.6. The summed E-state index contributed by atoms with van der Waals surface area (Å²) < 4.78 is 5.73. The smallest absolute Gasteiger partial charge is 0.133 e. The number of hydrogen-bond donors (Lipinski definition) is 2. The summed E-state index contributed by atoms with van der Waals surface area (Å²) in [5.74, 6) is 1.32. The summed E-state index contributed by atoms with van der Waals surface area (Å²) in [6, 6.07) is 14.6. The van der Waals surface area contributed by atoms with Crippen molar-refractivity contribution in [3.8, 4) is 11.5 Å². The van der Waals surface area contributed by atoms with Crippen LogP contribution in [0.5, 0.6) is 11.5 Å². The Morgan fingerprint density at radius 1 is 1.06 bits per heavy atom. The molecule has 0 radical (unpaired) electrons. The van der Waals surface area contributed by atoms with E-state index < -0.39 is 6.10 Å². The number of hydrogen-bond acceptors (Lipinski definition) is 3. The molecule has 3 heteroatoms. The molecule has 0 aliphatic heterocycles. The quantitative estimate of drug-likeness (QED) is 0.869. The minimum absolute atomic E-state index is 0.0184. The second kappa shape index (κ2) is 5.67. The van der Waals surface area contributed by atoms with E-state index >= 15 is 0 Å². The summed E-state index contributed by atoms with van der Waals surface area (Å²) in [6.07, 6.45) is -0.571. The molecule has 2 N–H and O–H groups in total. The molecule has 0 spiro atoms. The number of aliphatic hydroxyl groups is 2. The molecule has 0 amide bonds. The zero-order valence-electron chi connectivity index (χ0n) is 10.2. The Kier molecular flexibility index (Phi) is 3.97. The van der Waals surface area contributed by atoms with E-state index in [1.165, 1.54) is 0 Å². The first-order valence-corrected chi connectivity index (χ1v) is 5.85. The van der Waals surface area contributed by atoms with Gasteiger partial charge in [-0.05, 0) is 30.7 Å². The van der Waals surface area contributed by atoms with Crippen LogP contribution in [-0.2, 0) is 6.61 Å². The van der Waals surface area contributed by atoms with Crippen LogP contribution >= 0.6 is 0 Å². The maximum atomic E-state index is 9.65. The average Bonchev–Trinajstić information content (AvgIpc) is 2.40. The molecule has 1 atom stereocenters. The number of benzene rings is 2. The summed E-state index contributed by atoms with van der Waals surface area (Å²) in [6.45, 7) is 1.72. The van der Waals surface area contributed by atoms with Gasteiger partial charge in [-0.15, -0.1) is 0 Å². The molecule has 2 rings (SSSR count). The Balaban J connectivity index is 2.22. The normalized spacial score (nSPS) is 12.2. The van der Waals surface area contributed by atoms with Crippen molar-refractivity contribution in [1.82, 2.24) is 0 Å². The molecular formula is C15H16O3. The van der Waals surface area contributed by atoms with Gasteiger partial charge in [-0.1, -0.05) is 30.3 Å². The first-order chi connectivity index (χ1) is 8.70. The third-order valence-corrected chi connectivity index (χ3v) is 2.70. The van der Waals surface area contributed by atoms with E-state index in [9.17, 15) is 5.11 Å². The molecule has 2 aromatic rings. The lowest BCUT2D eigenvalue weighted by Gasteiger charge is -2.13. The van der Waals surface area contributed by atoms with Crippen molar-refractivity contribution in [3.05, 3.63) is 59.7 Å². The molecule has 94 valence electrons. The third kappa shape index (κ3) is 2.88. The standard InChI is InChI=1S/C15H16O3/c1-11(17)14-4-2-3-5-15(14)18-13-8-6-12(10-16)7-9-13/h2-9,11,16-17H,10H2,1H3/t11-/m0/s1. The van der Waals surface area contributed by atoms with E-state index in [0.29, 0.717) is 11.5 Å². The van der Waals surface area contributed by atoms with Gasteiger partial charge in [0, 0.05) is 5.56 Å². The Morgan fingerprint density at radius 3 is 2.33 bits per heavy atom. The van der Waals surface area contributed by atoms with Crippen LogP contribution in [0.4, 0.5) is 0 Å². The summed E-state index contributed by atoms with van der Waals surface area (Å²) in [4.78, 5) is 0. The molecule has 0 unspecified atom stereocenters. The molecule has 0 aliphatic carbocycles. The molecule has 3 nitrogen and oxygen atoms in total. The number of rotatable bonds is 4. The van der Waals surface area contributed by atoms with E-state index in [0.717, 1.165) is 11.1 Å². The van der Waals surface area contributed by atoms with Crippen LogP contribution in [0.25, 0.3) is 0 Å². The molecule has 2 aromatic carbocycles. The molecule has 0 aliphatic rings. The van der Waals surface area contributed by atoms with Crippen LogP contribution in [0.2, 0.25) is 0 Å². The summed E-state index contributed by atoms with van der Waals surface area (Å²) in [5, 5.41) is 18.6. The van der Waals surface area contributed by atoms with Crippen molar-refractivity contribution in [2.75, 3.05) is 0 Å². The largest absolute Gasteiger partial charge is 0.457 e. The van der Waals surface area contributed by atoms with Gasteiger partial charge in [0.15, 0.2) is 0 Å². The van der Waals surface area contributed by atoms with Gasteiger partial charge in [0.2, 0.25) is 0 Å². The zero-order chi connectivity index (χ0) is 13.0. The molecule has 0 bridgehead atoms. The highest BCUT2D eigenvalue weighted by molar-refractivity contribution is 5.39. The zero-order valence-corrected chi connectivity index (χ0v) is 10.2. The van der Waals surface area contributed by atoms with Gasteiger partial charge in [-0.3, -0.25) is 0 Å². The van der Waals surface area contributed by atoms with Gasteiger partial charge < -0.3 is 14.9 Å². The fraction of sp³-hybridized carbons (Fsp3) is 0.200. The topological polar surface area (TPSA) is 49.7 Å². The molecule has 0 saturated heterocycles. The van der Waals surface area contributed by atoms with E-state index in [1.54, 1.807) is 31.2 Å².